The Kier molecular flexibility index (Phi) is 15.4. The predicted molar refractivity (Wildman–Crippen MR) is 290 cm³/mol. The molecule has 10 heterocycles. The fourth-order valence-corrected chi connectivity index (χ4v) is 9.31. The molecule has 2 fully saturated rings. The van der Waals surface area contributed by atoms with Crippen molar-refractivity contribution in [1.82, 2.24) is 80.1 Å². The smallest absolute Gasteiger partial charge is 0.377 e. The number of ether oxygens (including phenoxy) is 2. The zero-order chi connectivity index (χ0) is 55.0. The number of hydrogen-bond acceptors (Lipinski definition) is 19. The van der Waals surface area contributed by atoms with Crippen LogP contribution in [0.1, 0.15) is 32.4 Å². The van der Waals surface area contributed by atoms with Crippen LogP contribution in [0.2, 0.25) is 0 Å². The second-order valence-electron chi connectivity index (χ2n) is 17.9. The van der Waals surface area contributed by atoms with Crippen molar-refractivity contribution in [3.8, 4) is 45.6 Å². The lowest BCUT2D eigenvalue weighted by Crippen LogP contribution is -2.50. The number of aliphatic carboxylic acids is 1. The van der Waals surface area contributed by atoms with Crippen LogP contribution in [0, 0.1) is 13.8 Å². The molecule has 8 aromatic heterocycles. The molecule has 25 nitrogen and oxygen atoms in total. The van der Waals surface area contributed by atoms with Crippen molar-refractivity contribution in [2.45, 2.75) is 13.8 Å². The molecule has 0 bridgehead atoms. The van der Waals surface area contributed by atoms with E-state index in [-0.39, 0.29) is 11.1 Å². The molecule has 2 aliphatic rings. The number of pyridine rings is 2. The van der Waals surface area contributed by atoms with Crippen LogP contribution in [0.5, 0.6) is 11.5 Å². The fraction of sp³-hybridized carbons (Fsp3) is 0.222. The number of anilines is 2. The van der Waals surface area contributed by atoms with E-state index in [4.69, 9.17) is 14.6 Å². The number of ketones is 2. The van der Waals surface area contributed by atoms with E-state index in [1.54, 1.807) is 31.1 Å². The fourth-order valence-electron chi connectivity index (χ4n) is 9.31. The molecule has 1 amide bonds. The van der Waals surface area contributed by atoms with Crippen LogP contribution in [-0.4, -0.2) is 170 Å². The van der Waals surface area contributed by atoms with E-state index in [0.717, 1.165) is 54.4 Å². The van der Waals surface area contributed by atoms with E-state index in [0.29, 0.717) is 82.8 Å². The minimum Gasteiger partial charge on any atom is -0.494 e. The number of amides is 1. The highest BCUT2D eigenvalue weighted by Gasteiger charge is 2.31. The molecule has 10 aromatic rings. The van der Waals surface area contributed by atoms with Gasteiger partial charge in [0.1, 0.15) is 47.2 Å². The zero-order valence-corrected chi connectivity index (χ0v) is 43.3. The summed E-state index contributed by atoms with van der Waals surface area (Å²) >= 11 is 0. The predicted octanol–water partition coefficient (Wildman–Crippen LogP) is 4.73. The van der Waals surface area contributed by atoms with Crippen LogP contribution in [0.15, 0.2) is 123 Å². The van der Waals surface area contributed by atoms with Gasteiger partial charge in [-0.2, -0.15) is 20.4 Å². The highest BCUT2D eigenvalue weighted by molar-refractivity contribution is 6.45. The number of benzene rings is 2. The van der Waals surface area contributed by atoms with Gasteiger partial charge in [-0.3, -0.25) is 14.4 Å². The van der Waals surface area contributed by atoms with E-state index in [9.17, 15) is 19.2 Å². The van der Waals surface area contributed by atoms with Crippen molar-refractivity contribution in [1.29, 1.82) is 0 Å². The Morgan fingerprint density at radius 1 is 0.570 bits per heavy atom. The summed E-state index contributed by atoms with van der Waals surface area (Å²) in [5.41, 5.74) is 7.16. The molecule has 400 valence electrons. The number of carboxylic acids is 1. The third kappa shape index (κ3) is 10.9. The normalized spacial score (nSPS) is 13.3. The van der Waals surface area contributed by atoms with Crippen LogP contribution < -0.4 is 24.6 Å². The molecular weight excluding hydrogens is 1010 g/mol. The molecule has 25 heteroatoms. The summed E-state index contributed by atoms with van der Waals surface area (Å²) in [6, 6.07) is 24.1. The van der Waals surface area contributed by atoms with Gasteiger partial charge in [-0.25, -0.2) is 34.1 Å². The zero-order valence-electron chi connectivity index (χ0n) is 43.3. The molecule has 2 saturated heterocycles. The van der Waals surface area contributed by atoms with Gasteiger partial charge < -0.3 is 44.6 Å². The number of aryl methyl sites for hydroxylation is 2. The monoisotopic (exact) mass is 1060 g/mol. The summed E-state index contributed by atoms with van der Waals surface area (Å²) in [4.78, 5) is 78.5. The van der Waals surface area contributed by atoms with Crippen molar-refractivity contribution in [2.24, 2.45) is 0 Å². The highest BCUT2D eigenvalue weighted by atomic mass is 16.5. The van der Waals surface area contributed by atoms with Crippen molar-refractivity contribution >= 4 is 56.6 Å². The van der Waals surface area contributed by atoms with Gasteiger partial charge in [0.25, 0.3) is 17.5 Å². The number of nitrogens with one attached hydrogen (secondary N) is 3. The number of hydrogen-bond donors (Lipinski definition) is 4. The molecular formula is C54H52N18O7. The van der Waals surface area contributed by atoms with Gasteiger partial charge in [0, 0.05) is 75.9 Å². The van der Waals surface area contributed by atoms with Gasteiger partial charge in [0.15, 0.2) is 11.6 Å². The largest absolute Gasteiger partial charge is 0.494 e. The highest BCUT2D eigenvalue weighted by Crippen LogP contribution is 2.34. The Morgan fingerprint density at radius 3 is 1.46 bits per heavy atom. The summed E-state index contributed by atoms with van der Waals surface area (Å²) < 4.78 is 13.6. The quantitative estimate of drug-likeness (QED) is 0.0949. The van der Waals surface area contributed by atoms with E-state index < -0.39 is 23.4 Å². The van der Waals surface area contributed by atoms with Crippen LogP contribution in [-0.2, 0) is 9.59 Å². The molecule has 0 atom stereocenters. The third-order valence-electron chi connectivity index (χ3n) is 13.1. The van der Waals surface area contributed by atoms with E-state index in [1.807, 2.05) is 54.6 Å². The number of fused-ring (bicyclic) bond motifs is 2. The van der Waals surface area contributed by atoms with Crippen molar-refractivity contribution < 1.29 is 33.8 Å². The molecule has 0 aliphatic carbocycles. The second kappa shape index (κ2) is 23.3. The topological polar surface area (TPSA) is 299 Å². The van der Waals surface area contributed by atoms with E-state index in [2.05, 4.69) is 93.8 Å². The first kappa shape index (κ1) is 52.2. The summed E-state index contributed by atoms with van der Waals surface area (Å²) in [7, 11) is 2.91. The minimum absolute atomic E-state index is 0.000151. The first-order chi connectivity index (χ1) is 38.5. The summed E-state index contributed by atoms with van der Waals surface area (Å²) in [6.45, 7) is 9.49. The number of Topliss-reactive ketones (excluding diaryl/α,β-unsaturated/α-hetero) is 2. The third-order valence-corrected chi connectivity index (χ3v) is 13.1. The molecule has 0 radical (unpaired) electrons. The summed E-state index contributed by atoms with van der Waals surface area (Å²) in [5.74, 6) is -1.11. The van der Waals surface area contributed by atoms with Crippen LogP contribution in [0.25, 0.3) is 56.0 Å². The molecule has 79 heavy (non-hydrogen) atoms. The number of aromatic amines is 2. The number of H-pyrrole nitrogens is 2. The average molecular weight is 1070 g/mol. The second-order valence-corrected chi connectivity index (χ2v) is 17.9. The molecule has 12 rings (SSSR count). The minimum atomic E-state index is -1.54. The van der Waals surface area contributed by atoms with Gasteiger partial charge >= 0.3 is 5.97 Å². The number of methoxy groups -OCH3 is 2. The van der Waals surface area contributed by atoms with Gasteiger partial charge in [0.2, 0.25) is 0 Å². The molecule has 2 aromatic carbocycles. The molecule has 2 aliphatic heterocycles. The Balaban J connectivity index is 0.000000148. The maximum atomic E-state index is 13.5. The molecule has 0 spiro atoms. The van der Waals surface area contributed by atoms with Crippen molar-refractivity contribution in [3.63, 3.8) is 0 Å². The van der Waals surface area contributed by atoms with E-state index in [1.165, 1.54) is 66.7 Å². The molecule has 0 saturated carbocycles. The first-order valence-electron chi connectivity index (χ1n) is 24.9. The average Bonchev–Trinajstić information content (AvgIpc) is 4.45. The lowest BCUT2D eigenvalue weighted by atomic mass is 10.1. The number of rotatable bonds is 12. The lowest BCUT2D eigenvalue weighted by molar-refractivity contribution is -0.131. The number of carboxylic acid groups (broad SMARTS) is 1. The van der Waals surface area contributed by atoms with E-state index >= 15 is 0 Å². The Morgan fingerprint density at radius 2 is 1.03 bits per heavy atom. The Bertz CT molecular complexity index is 3810. The number of piperazine rings is 2. The molecule has 4 N–H and O–H groups in total. The van der Waals surface area contributed by atoms with Gasteiger partial charge in [-0.1, -0.05) is 60.7 Å². The van der Waals surface area contributed by atoms with Crippen LogP contribution in [0.4, 0.5) is 11.4 Å². The molecule has 0 unspecified atom stereocenters. The maximum absolute atomic E-state index is 13.5. The van der Waals surface area contributed by atoms with Crippen LogP contribution >= 0.6 is 0 Å². The van der Waals surface area contributed by atoms with Gasteiger partial charge in [-0.15, -0.1) is 10.2 Å². The number of aromatic nitrogens is 14. The maximum Gasteiger partial charge on any atom is 0.377 e. The van der Waals surface area contributed by atoms with Crippen molar-refractivity contribution in [2.75, 3.05) is 76.4 Å². The number of carbonyl (C=O) groups is 4. The van der Waals surface area contributed by atoms with Crippen molar-refractivity contribution in [3.05, 3.63) is 145 Å². The van der Waals surface area contributed by atoms with Gasteiger partial charge in [0.05, 0.1) is 83.3 Å². The number of nitrogens with zero attached hydrogens (tertiary/aromatic N) is 15. The standard InChI is InChI=1S/C27H25N9O3.C14H16N4.C13H11N5O4/c1-17-30-16-36(33-17)26-24-22(21(39-2)15-29-26)19(14-28-24)25(37)27(38)35-12-10-34(11-13-35)20-8-9-31-32-23(20)18-6-4-3-5-7-18;1-2-4-12(5-3-1)14-13(6-7-16-17-14)18-10-8-15-9-11-18;1-6-16-5-18(17-6)12-10-9(8(22-2)4-15-12)7(3-14-10)11(19)13(20)21/h3-9,14-16,28H,10-13H2,1-2H3;1-7,15H,8-11H2;3-5,14H,1-2H3,(H,20,21). The SMILES string of the molecule is COc1cnc(-n2cnc(C)n2)c2[nH]cc(C(=O)C(=O)N3CCN(c4ccnnc4-c4ccccc4)CC3)c12.COc1cnc(-n2cnc(C)n2)c2[nH]cc(C(=O)C(=O)O)c12.c1ccc(-c2nnccc2N2CCNCC2)cc1. The summed E-state index contributed by atoms with van der Waals surface area (Å²) in [6.07, 6.45) is 12.2. The Hall–Kier alpha value is -10.3. The number of carbonyl (C=O) groups excluding carboxylic acids is 3. The van der Waals surface area contributed by atoms with Crippen LogP contribution in [0.3, 0.4) is 0 Å². The first-order valence-corrected chi connectivity index (χ1v) is 24.9. The van der Waals surface area contributed by atoms with Gasteiger partial charge in [-0.05, 0) is 26.0 Å². The Labute approximate surface area is 450 Å². The summed E-state index contributed by atoms with van der Waals surface area (Å²) in [5, 5.41) is 38.3. The lowest BCUT2D eigenvalue weighted by Gasteiger charge is -2.36.